The highest BCUT2D eigenvalue weighted by molar-refractivity contribution is 5.78. The number of hydrogen-bond donors (Lipinski definition) is 2. The van der Waals surface area contributed by atoms with Gasteiger partial charge < -0.3 is 10.6 Å². The summed E-state index contributed by atoms with van der Waals surface area (Å²) in [5.74, 6) is 0.0179. The number of carbonyl (C=O) groups is 1. The summed E-state index contributed by atoms with van der Waals surface area (Å²) in [5.41, 5.74) is -0.146. The minimum atomic E-state index is -0.146. The van der Waals surface area contributed by atoms with Crippen LogP contribution in [0, 0.1) is 0 Å². The van der Waals surface area contributed by atoms with Crippen molar-refractivity contribution < 1.29 is 4.79 Å². The molecule has 2 N–H and O–H groups in total. The summed E-state index contributed by atoms with van der Waals surface area (Å²) >= 11 is 0. The Kier molecular flexibility index (Phi) is 4.59. The summed E-state index contributed by atoms with van der Waals surface area (Å²) in [4.78, 5) is 11.1. The van der Waals surface area contributed by atoms with Gasteiger partial charge in [-0.25, -0.2) is 0 Å². The van der Waals surface area contributed by atoms with Crippen LogP contribution in [0.3, 0.4) is 0 Å². The van der Waals surface area contributed by atoms with Crippen LogP contribution in [0.4, 0.5) is 0 Å². The molecule has 0 aliphatic rings. The molecule has 0 atom stereocenters. The van der Waals surface area contributed by atoms with Crippen LogP contribution in [0.5, 0.6) is 0 Å². The predicted molar refractivity (Wildman–Crippen MR) is 51.0 cm³/mol. The lowest BCUT2D eigenvalue weighted by atomic mass is 10.1. The first-order chi connectivity index (χ1) is 5.45. The van der Waals surface area contributed by atoms with Crippen molar-refractivity contribution in [2.45, 2.75) is 26.3 Å². The molecule has 3 nitrogen and oxygen atoms in total. The van der Waals surface area contributed by atoms with Crippen LogP contribution in [-0.4, -0.2) is 24.5 Å². The molecule has 12 heavy (non-hydrogen) atoms. The Morgan fingerprint density at radius 1 is 1.50 bits per heavy atom. The fraction of sp³-hybridized carbons (Fsp3) is 0.667. The molecule has 0 unspecified atom stereocenters. The fourth-order valence-electron chi connectivity index (χ4n) is 0.750. The number of hydrogen-bond acceptors (Lipinski definition) is 2. The Labute approximate surface area is 74.2 Å². The van der Waals surface area contributed by atoms with Crippen molar-refractivity contribution in [3.8, 4) is 0 Å². The summed E-state index contributed by atoms with van der Waals surface area (Å²) in [5, 5.41) is 5.77. The van der Waals surface area contributed by atoms with Gasteiger partial charge in [-0.3, -0.25) is 4.79 Å². The van der Waals surface area contributed by atoms with Crippen LogP contribution in [0.2, 0.25) is 0 Å². The van der Waals surface area contributed by atoms with Crippen LogP contribution in [-0.2, 0) is 4.79 Å². The van der Waals surface area contributed by atoms with Crippen LogP contribution in [0.15, 0.2) is 12.7 Å². The summed E-state index contributed by atoms with van der Waals surface area (Å²) in [6.45, 7) is 10.4. The van der Waals surface area contributed by atoms with Gasteiger partial charge in [-0.15, -0.1) is 6.58 Å². The van der Waals surface area contributed by atoms with E-state index < -0.39 is 0 Å². The quantitative estimate of drug-likeness (QED) is 0.481. The molecule has 70 valence electrons. The first kappa shape index (κ1) is 11.2. The molecule has 0 aliphatic heterocycles. The van der Waals surface area contributed by atoms with Crippen molar-refractivity contribution in [1.29, 1.82) is 0 Å². The average Bonchev–Trinajstić information content (AvgIpc) is 1.84. The molecule has 0 aromatic carbocycles. The molecule has 0 saturated heterocycles. The lowest BCUT2D eigenvalue weighted by Gasteiger charge is -2.20. The SMILES string of the molecule is C=CCNCC(=O)NC(C)(C)C. The molecule has 0 rings (SSSR count). The normalized spacial score (nSPS) is 10.9. The molecular weight excluding hydrogens is 152 g/mol. The number of nitrogens with one attached hydrogen (secondary N) is 2. The highest BCUT2D eigenvalue weighted by Gasteiger charge is 2.12. The summed E-state index contributed by atoms with van der Waals surface area (Å²) in [6, 6.07) is 0. The second kappa shape index (κ2) is 4.93. The molecule has 0 spiro atoms. The Bertz CT molecular complexity index is 158. The summed E-state index contributed by atoms with van der Waals surface area (Å²) in [7, 11) is 0. The third-order valence-corrected chi connectivity index (χ3v) is 1.09. The third kappa shape index (κ3) is 7.28. The highest BCUT2D eigenvalue weighted by Crippen LogP contribution is 1.96. The van der Waals surface area contributed by atoms with E-state index in [-0.39, 0.29) is 11.4 Å². The Morgan fingerprint density at radius 2 is 2.08 bits per heavy atom. The molecule has 1 amide bonds. The van der Waals surface area contributed by atoms with Crippen molar-refractivity contribution in [1.82, 2.24) is 10.6 Å². The van der Waals surface area contributed by atoms with Crippen molar-refractivity contribution in [2.75, 3.05) is 13.1 Å². The maximum atomic E-state index is 11.1. The zero-order valence-electron chi connectivity index (χ0n) is 8.11. The van der Waals surface area contributed by atoms with E-state index >= 15 is 0 Å². The molecule has 0 radical (unpaired) electrons. The van der Waals surface area contributed by atoms with Crippen molar-refractivity contribution in [3.05, 3.63) is 12.7 Å². The molecule has 3 heteroatoms. The van der Waals surface area contributed by atoms with Crippen LogP contribution < -0.4 is 10.6 Å². The van der Waals surface area contributed by atoms with Crippen molar-refractivity contribution in [2.24, 2.45) is 0 Å². The fourth-order valence-corrected chi connectivity index (χ4v) is 0.750. The van der Waals surface area contributed by atoms with E-state index in [1.807, 2.05) is 20.8 Å². The van der Waals surface area contributed by atoms with E-state index in [4.69, 9.17) is 0 Å². The average molecular weight is 170 g/mol. The molecular formula is C9H18N2O. The van der Waals surface area contributed by atoms with E-state index in [9.17, 15) is 4.79 Å². The number of amides is 1. The van der Waals surface area contributed by atoms with E-state index in [0.29, 0.717) is 13.1 Å². The Hall–Kier alpha value is -0.830. The van der Waals surface area contributed by atoms with Gasteiger partial charge in [0, 0.05) is 12.1 Å². The zero-order chi connectivity index (χ0) is 9.61. The Balaban J connectivity index is 3.53. The number of carbonyl (C=O) groups excluding carboxylic acids is 1. The van der Waals surface area contributed by atoms with Crippen LogP contribution in [0.1, 0.15) is 20.8 Å². The molecule has 0 heterocycles. The van der Waals surface area contributed by atoms with Gasteiger partial charge in [-0.2, -0.15) is 0 Å². The van der Waals surface area contributed by atoms with E-state index in [2.05, 4.69) is 17.2 Å². The highest BCUT2D eigenvalue weighted by atomic mass is 16.2. The summed E-state index contributed by atoms with van der Waals surface area (Å²) < 4.78 is 0. The van der Waals surface area contributed by atoms with Gasteiger partial charge in [0.15, 0.2) is 0 Å². The van der Waals surface area contributed by atoms with Gasteiger partial charge in [0.1, 0.15) is 0 Å². The zero-order valence-corrected chi connectivity index (χ0v) is 8.11. The van der Waals surface area contributed by atoms with E-state index in [1.54, 1.807) is 6.08 Å². The lowest BCUT2D eigenvalue weighted by molar-refractivity contribution is -0.121. The molecule has 0 saturated carbocycles. The molecule has 0 aromatic rings. The van der Waals surface area contributed by atoms with Crippen LogP contribution in [0.25, 0.3) is 0 Å². The third-order valence-electron chi connectivity index (χ3n) is 1.09. The maximum absolute atomic E-state index is 11.1. The molecule has 0 fully saturated rings. The molecule has 0 aliphatic carbocycles. The van der Waals surface area contributed by atoms with Crippen molar-refractivity contribution >= 4 is 5.91 Å². The van der Waals surface area contributed by atoms with Crippen molar-refractivity contribution in [3.63, 3.8) is 0 Å². The predicted octanol–water partition coefficient (Wildman–Crippen LogP) is 0.677. The van der Waals surface area contributed by atoms with E-state index in [0.717, 1.165) is 0 Å². The van der Waals surface area contributed by atoms with Gasteiger partial charge in [0.25, 0.3) is 0 Å². The minimum Gasteiger partial charge on any atom is -0.350 e. The Morgan fingerprint density at radius 3 is 2.50 bits per heavy atom. The lowest BCUT2D eigenvalue weighted by Crippen LogP contribution is -2.44. The van der Waals surface area contributed by atoms with Gasteiger partial charge >= 0.3 is 0 Å². The summed E-state index contributed by atoms with van der Waals surface area (Å²) in [6.07, 6.45) is 1.73. The first-order valence-corrected chi connectivity index (χ1v) is 4.08. The first-order valence-electron chi connectivity index (χ1n) is 4.08. The van der Waals surface area contributed by atoms with Gasteiger partial charge in [-0.05, 0) is 20.8 Å². The van der Waals surface area contributed by atoms with E-state index in [1.165, 1.54) is 0 Å². The van der Waals surface area contributed by atoms with Gasteiger partial charge in [0.05, 0.1) is 6.54 Å². The standard InChI is InChI=1S/C9H18N2O/c1-5-6-10-7-8(12)11-9(2,3)4/h5,10H,1,6-7H2,2-4H3,(H,11,12). The molecule has 0 aromatic heterocycles. The minimum absolute atomic E-state index is 0.0179. The monoisotopic (exact) mass is 170 g/mol. The largest absolute Gasteiger partial charge is 0.350 e. The maximum Gasteiger partial charge on any atom is 0.234 e. The number of rotatable bonds is 4. The smallest absolute Gasteiger partial charge is 0.234 e. The van der Waals surface area contributed by atoms with Crippen LogP contribution >= 0.6 is 0 Å². The molecule has 0 bridgehead atoms. The van der Waals surface area contributed by atoms with Gasteiger partial charge in [0.2, 0.25) is 5.91 Å². The second-order valence-electron chi connectivity index (χ2n) is 3.72. The van der Waals surface area contributed by atoms with Gasteiger partial charge in [-0.1, -0.05) is 6.08 Å². The topological polar surface area (TPSA) is 41.1 Å². The second-order valence-corrected chi connectivity index (χ2v) is 3.72.